The van der Waals surface area contributed by atoms with E-state index in [9.17, 15) is 0 Å². The predicted octanol–water partition coefficient (Wildman–Crippen LogP) is 8.32. The van der Waals surface area contributed by atoms with Crippen molar-refractivity contribution in [2.75, 3.05) is 12.8 Å². The van der Waals surface area contributed by atoms with Crippen molar-refractivity contribution in [2.24, 2.45) is 22.7 Å². The summed E-state index contributed by atoms with van der Waals surface area (Å²) >= 11 is 0. The van der Waals surface area contributed by atoms with E-state index in [2.05, 4.69) is 55.4 Å². The molecule has 1 aromatic rings. The lowest BCUT2D eigenvalue weighted by Gasteiger charge is -2.26. The fraction of sp³-hybridized carbons (Fsp3) is 0.750. The lowest BCUT2D eigenvalue weighted by molar-refractivity contribution is 0.239. The first-order valence-corrected chi connectivity index (χ1v) is 11.9. The average Bonchev–Trinajstić information content (AvgIpc) is 2.50. The maximum Gasteiger partial charge on any atom is 0.230 e. The Bertz CT molecular complexity index is 501. The van der Waals surface area contributed by atoms with Crippen LogP contribution in [0.15, 0.2) is 30.3 Å². The van der Waals surface area contributed by atoms with Crippen molar-refractivity contribution in [3.05, 3.63) is 30.3 Å². The number of hydrogen-bond acceptors (Lipinski definition) is 2. The molecule has 0 fully saturated rings. The molecule has 3 heteroatoms. The summed E-state index contributed by atoms with van der Waals surface area (Å²) < 4.78 is 12.5. The van der Waals surface area contributed by atoms with Crippen LogP contribution in [0.25, 0.3) is 0 Å². The molecule has 0 radical (unpaired) electrons. The molecular weight excluding hydrogens is 351 g/mol. The summed E-state index contributed by atoms with van der Waals surface area (Å²) in [5.74, 6) is 2.30. The van der Waals surface area contributed by atoms with E-state index in [1.165, 1.54) is 12.8 Å². The van der Waals surface area contributed by atoms with Crippen molar-refractivity contribution < 1.29 is 9.05 Å². The lowest BCUT2D eigenvalue weighted by atomic mass is 9.84. The van der Waals surface area contributed by atoms with Gasteiger partial charge in [0.2, 0.25) is 8.38 Å². The summed E-state index contributed by atoms with van der Waals surface area (Å²) in [5, 5.41) is 0. The molecule has 0 saturated carbocycles. The van der Waals surface area contributed by atoms with E-state index in [1.807, 2.05) is 30.3 Å². The molecule has 156 valence electrons. The lowest BCUT2D eigenvalue weighted by Crippen LogP contribution is -2.14. The highest BCUT2D eigenvalue weighted by molar-refractivity contribution is 7.47. The van der Waals surface area contributed by atoms with E-state index < -0.39 is 8.38 Å². The first-order valence-electron chi connectivity index (χ1n) is 10.6. The first-order chi connectivity index (χ1) is 12.4. The predicted molar refractivity (Wildman–Crippen MR) is 121 cm³/mol. The Balaban J connectivity index is 2.52. The number of para-hydroxylation sites is 1. The molecule has 0 aliphatic rings. The minimum atomic E-state index is -0.875. The Kier molecular flexibility index (Phi) is 10.3. The van der Waals surface area contributed by atoms with Crippen molar-refractivity contribution in [1.82, 2.24) is 0 Å². The smallest absolute Gasteiger partial charge is 0.230 e. The average molecular weight is 395 g/mol. The van der Waals surface area contributed by atoms with Gasteiger partial charge in [0.25, 0.3) is 0 Å². The highest BCUT2D eigenvalue weighted by Crippen LogP contribution is 2.42. The van der Waals surface area contributed by atoms with Crippen LogP contribution in [0.5, 0.6) is 5.75 Å². The summed E-state index contributed by atoms with van der Waals surface area (Å²) in [6.07, 6.45) is 5.74. The topological polar surface area (TPSA) is 18.5 Å². The van der Waals surface area contributed by atoms with E-state index in [4.69, 9.17) is 9.05 Å². The van der Waals surface area contributed by atoms with Gasteiger partial charge in [0.15, 0.2) is 0 Å². The van der Waals surface area contributed by atoms with E-state index in [0.717, 1.165) is 31.4 Å². The van der Waals surface area contributed by atoms with Crippen LogP contribution in [0.4, 0.5) is 0 Å². The molecule has 0 heterocycles. The number of rotatable bonds is 11. The van der Waals surface area contributed by atoms with Gasteiger partial charge in [-0.3, -0.25) is 0 Å². The normalized spacial score (nSPS) is 16.0. The molecule has 0 bridgehead atoms. The zero-order valence-corrected chi connectivity index (χ0v) is 19.9. The van der Waals surface area contributed by atoms with Crippen molar-refractivity contribution in [3.63, 3.8) is 0 Å². The summed E-state index contributed by atoms with van der Waals surface area (Å²) in [7, 11) is -0.875. The summed E-state index contributed by atoms with van der Waals surface area (Å²) in [6, 6.07) is 10.1. The fourth-order valence-electron chi connectivity index (χ4n) is 3.71. The minimum Gasteiger partial charge on any atom is -0.447 e. The maximum absolute atomic E-state index is 6.25. The third-order valence-corrected chi connectivity index (χ3v) is 6.03. The molecule has 1 aromatic carbocycles. The van der Waals surface area contributed by atoms with Gasteiger partial charge < -0.3 is 9.05 Å². The molecular formula is C24H43O2P. The van der Waals surface area contributed by atoms with Crippen LogP contribution in [0.1, 0.15) is 81.1 Å². The Morgan fingerprint density at radius 3 is 1.85 bits per heavy atom. The van der Waals surface area contributed by atoms with Gasteiger partial charge >= 0.3 is 0 Å². The third-order valence-electron chi connectivity index (χ3n) is 4.52. The molecule has 0 spiro atoms. The van der Waals surface area contributed by atoms with Gasteiger partial charge in [-0.05, 0) is 60.5 Å². The van der Waals surface area contributed by atoms with Gasteiger partial charge in [0, 0.05) is 6.16 Å². The molecule has 27 heavy (non-hydrogen) atoms. The van der Waals surface area contributed by atoms with Crippen LogP contribution in [-0.2, 0) is 4.52 Å². The van der Waals surface area contributed by atoms with Crippen LogP contribution in [0.3, 0.4) is 0 Å². The second-order valence-electron chi connectivity index (χ2n) is 10.6. The molecule has 0 amide bonds. The Morgan fingerprint density at radius 1 is 0.815 bits per heavy atom. The molecule has 3 atom stereocenters. The largest absolute Gasteiger partial charge is 0.447 e. The van der Waals surface area contributed by atoms with E-state index in [-0.39, 0.29) is 0 Å². The monoisotopic (exact) mass is 394 g/mol. The molecule has 0 saturated heterocycles. The number of benzene rings is 1. The fourth-order valence-corrected chi connectivity index (χ4v) is 5.30. The standard InChI is InChI=1S/C24H43O2P/c1-20(18-23(3,4)5)14-16-25-27(26-22-12-10-9-11-13-22)17-15-21(2)19-24(6,7)8/h9-13,20-21H,14-19H2,1-8H3. The highest BCUT2D eigenvalue weighted by atomic mass is 31.2. The van der Waals surface area contributed by atoms with Gasteiger partial charge in [-0.2, -0.15) is 0 Å². The zero-order valence-electron chi connectivity index (χ0n) is 19.0. The quantitative estimate of drug-likeness (QED) is 0.351. The van der Waals surface area contributed by atoms with Crippen molar-refractivity contribution in [3.8, 4) is 5.75 Å². The van der Waals surface area contributed by atoms with Gasteiger partial charge in [-0.25, -0.2) is 0 Å². The summed E-state index contributed by atoms with van der Waals surface area (Å²) in [4.78, 5) is 0. The zero-order chi connectivity index (χ0) is 20.5. The molecule has 1 rings (SSSR count). The van der Waals surface area contributed by atoms with Gasteiger partial charge in [-0.15, -0.1) is 0 Å². The second-order valence-corrected chi connectivity index (χ2v) is 12.2. The van der Waals surface area contributed by atoms with Crippen LogP contribution in [0.2, 0.25) is 0 Å². The van der Waals surface area contributed by atoms with Crippen molar-refractivity contribution in [2.45, 2.75) is 81.1 Å². The molecule has 0 N–H and O–H groups in total. The van der Waals surface area contributed by atoms with Crippen molar-refractivity contribution >= 4 is 8.38 Å². The van der Waals surface area contributed by atoms with Gasteiger partial charge in [-0.1, -0.05) is 73.6 Å². The summed E-state index contributed by atoms with van der Waals surface area (Å²) in [5.41, 5.74) is 0.763. The molecule has 0 aliphatic heterocycles. The molecule has 2 nitrogen and oxygen atoms in total. The Labute approximate surface area is 170 Å². The Morgan fingerprint density at radius 2 is 1.33 bits per heavy atom. The van der Waals surface area contributed by atoms with Crippen LogP contribution >= 0.6 is 8.38 Å². The summed E-state index contributed by atoms with van der Waals surface area (Å²) in [6.45, 7) is 19.4. The van der Waals surface area contributed by atoms with Crippen LogP contribution in [-0.4, -0.2) is 12.8 Å². The first kappa shape index (κ1) is 24.4. The van der Waals surface area contributed by atoms with Gasteiger partial charge in [0.05, 0.1) is 6.61 Å². The van der Waals surface area contributed by atoms with Crippen LogP contribution < -0.4 is 4.52 Å². The third kappa shape index (κ3) is 13.3. The van der Waals surface area contributed by atoms with Gasteiger partial charge in [0.1, 0.15) is 5.75 Å². The molecule has 0 aliphatic carbocycles. The Hall–Kier alpha value is -0.590. The van der Waals surface area contributed by atoms with Crippen molar-refractivity contribution in [1.29, 1.82) is 0 Å². The SMILES string of the molecule is CC(CCOP(CCC(C)CC(C)(C)C)Oc1ccccc1)CC(C)(C)C. The molecule has 0 aromatic heterocycles. The van der Waals surface area contributed by atoms with Crippen LogP contribution in [0, 0.1) is 22.7 Å². The van der Waals surface area contributed by atoms with E-state index >= 15 is 0 Å². The van der Waals surface area contributed by atoms with E-state index in [0.29, 0.717) is 22.7 Å². The minimum absolute atomic E-state index is 0.381. The number of hydrogen-bond donors (Lipinski definition) is 0. The van der Waals surface area contributed by atoms with E-state index in [1.54, 1.807) is 0 Å². The highest BCUT2D eigenvalue weighted by Gasteiger charge is 2.20. The second kappa shape index (κ2) is 11.4. The maximum atomic E-state index is 6.25. The molecule has 3 unspecified atom stereocenters.